The molecule has 0 atom stereocenters. The molecular weight excluding hydrogens is 1040 g/mol. The van der Waals surface area contributed by atoms with Crippen molar-refractivity contribution in [2.45, 2.75) is 117 Å². The van der Waals surface area contributed by atoms with Crippen LogP contribution >= 0.6 is 0 Å². The Balaban J connectivity index is 1.02. The predicted octanol–water partition coefficient (Wildman–Crippen LogP) is 24.0. The van der Waals surface area contributed by atoms with Crippen LogP contribution in [-0.4, -0.2) is 5.11 Å². The number of phenolic OH excluding ortho intramolecular Hbond substituents is 1. The van der Waals surface area contributed by atoms with E-state index in [-0.39, 0.29) is 5.75 Å². The summed E-state index contributed by atoms with van der Waals surface area (Å²) < 4.78 is 7.43. The maximum absolute atomic E-state index is 13.2. The first-order valence-electron chi connectivity index (χ1n) is 31.9. The van der Waals surface area contributed by atoms with E-state index in [4.69, 9.17) is 4.42 Å². The van der Waals surface area contributed by atoms with Crippen LogP contribution in [0.25, 0.3) is 87.6 Å². The van der Waals surface area contributed by atoms with Gasteiger partial charge in [-0.1, -0.05) is 216 Å². The molecule has 13 aromatic rings. The minimum Gasteiger partial charge on any atom is -0.505 e. The van der Waals surface area contributed by atoms with Crippen molar-refractivity contribution < 1.29 is 9.52 Å². The van der Waals surface area contributed by atoms with Crippen LogP contribution in [0.3, 0.4) is 0 Å². The van der Waals surface area contributed by atoms with Crippen LogP contribution in [0, 0.1) is 13.8 Å². The Bertz CT molecular complexity index is 4670. The number of aromatic hydroxyl groups is 1. The highest BCUT2D eigenvalue weighted by molar-refractivity contribution is 6.30. The lowest BCUT2D eigenvalue weighted by Crippen LogP contribution is -2.15. The van der Waals surface area contributed by atoms with Crippen LogP contribution in [0.2, 0.25) is 0 Å². The molecule has 2 aliphatic carbocycles. The first-order chi connectivity index (χ1) is 42.3. The molecule has 2 aliphatic rings. The normalized spacial score (nSPS) is 14.3. The predicted molar refractivity (Wildman–Crippen MR) is 365 cm³/mol. The molecule has 1 N–H and O–H groups in total. The fourth-order valence-electron chi connectivity index (χ4n) is 15.3. The lowest BCUT2D eigenvalue weighted by molar-refractivity contribution is 0.445. The van der Waals surface area contributed by atoms with Crippen LogP contribution in [0.4, 0.5) is 34.1 Å². The lowest BCUT2D eigenvalue weighted by Gasteiger charge is -2.33. The summed E-state index contributed by atoms with van der Waals surface area (Å²) in [6, 6.07) is 79.0. The minimum absolute atomic E-state index is 0.257. The molecule has 0 spiro atoms. The number of hydrogen-bond donors (Lipinski definition) is 1. The summed E-state index contributed by atoms with van der Waals surface area (Å²) in [5, 5.41) is 23.1. The highest BCUT2D eigenvalue weighted by Crippen LogP contribution is 2.55. The second-order valence-corrected chi connectivity index (χ2v) is 24.8. The number of furan rings is 1. The molecule has 0 saturated heterocycles. The third-order valence-corrected chi connectivity index (χ3v) is 19.7. The Hall–Kier alpha value is -9.12. The van der Waals surface area contributed by atoms with Gasteiger partial charge in [-0.25, -0.2) is 0 Å². The quantitative estimate of drug-likeness (QED) is 0.117. The van der Waals surface area contributed by atoms with Gasteiger partial charge in [-0.2, -0.15) is 0 Å². The molecule has 2 saturated carbocycles. The van der Waals surface area contributed by atoms with E-state index < -0.39 is 0 Å². The number of para-hydroxylation sites is 3. The van der Waals surface area contributed by atoms with Gasteiger partial charge in [-0.05, 0) is 190 Å². The first kappa shape index (κ1) is 53.6. The van der Waals surface area contributed by atoms with Gasteiger partial charge in [0.1, 0.15) is 11.3 Å². The van der Waals surface area contributed by atoms with Crippen molar-refractivity contribution in [1.82, 2.24) is 0 Å². The molecule has 1 aromatic heterocycles. The summed E-state index contributed by atoms with van der Waals surface area (Å²) in [6.45, 7) is 8.81. The van der Waals surface area contributed by atoms with Crippen LogP contribution in [-0.2, 0) is 12.8 Å². The smallest absolute Gasteiger partial charge is 0.159 e. The van der Waals surface area contributed by atoms with Gasteiger partial charge in [0, 0.05) is 44.0 Å². The minimum atomic E-state index is 0.257. The summed E-state index contributed by atoms with van der Waals surface area (Å²) in [6.07, 6.45) is 14.0. The van der Waals surface area contributed by atoms with Crippen LogP contribution < -0.4 is 9.80 Å². The van der Waals surface area contributed by atoms with Crippen molar-refractivity contribution in [3.8, 4) is 39.1 Å². The van der Waals surface area contributed by atoms with Gasteiger partial charge in [-0.15, -0.1) is 0 Å². The second-order valence-electron chi connectivity index (χ2n) is 24.8. The van der Waals surface area contributed by atoms with Gasteiger partial charge in [-0.3, -0.25) is 0 Å². The van der Waals surface area contributed by atoms with Gasteiger partial charge >= 0.3 is 0 Å². The van der Waals surface area contributed by atoms with E-state index in [9.17, 15) is 5.11 Å². The summed E-state index contributed by atoms with van der Waals surface area (Å²) in [4.78, 5) is 4.92. The Kier molecular flexibility index (Phi) is 13.9. The Morgan fingerprint density at radius 1 is 0.395 bits per heavy atom. The van der Waals surface area contributed by atoms with Crippen molar-refractivity contribution in [2.75, 3.05) is 9.80 Å². The van der Waals surface area contributed by atoms with E-state index in [1.54, 1.807) is 0 Å². The molecule has 15 rings (SSSR count). The fourth-order valence-corrected chi connectivity index (χ4v) is 15.3. The summed E-state index contributed by atoms with van der Waals surface area (Å²) in [7, 11) is 0. The second kappa shape index (κ2) is 22.4. The number of fused-ring (bicyclic) bond motifs is 3. The zero-order valence-electron chi connectivity index (χ0n) is 50.1. The number of hydrogen-bond acceptors (Lipinski definition) is 4. The first-order valence-corrected chi connectivity index (χ1v) is 31.9. The summed E-state index contributed by atoms with van der Waals surface area (Å²) in [5.41, 5.74) is 22.3. The zero-order valence-corrected chi connectivity index (χ0v) is 50.1. The molecule has 0 unspecified atom stereocenters. The SMILES string of the molecule is CCc1ccc(N(c2cc(C3CCCCC3)c3ccc4c(N(c5ccc(C)cc5)c5cccc(-c6cccc(-c7ccccc7C)c6)c5O)cc(C5CCCCC5)c5ccc2c3c54)c2cccc3c2oc2c(-c4ccccc4CC)cccc23)cc1. The number of phenols is 1. The monoisotopic (exact) mass is 1120 g/mol. The fraction of sp³-hybridized carbons (Fsp3) is 0.220. The third-order valence-electron chi connectivity index (χ3n) is 19.7. The number of rotatable bonds is 13. The van der Waals surface area contributed by atoms with Gasteiger partial charge in [0.2, 0.25) is 0 Å². The van der Waals surface area contributed by atoms with E-state index in [2.05, 4.69) is 250 Å². The van der Waals surface area contributed by atoms with Crippen LogP contribution in [0.15, 0.2) is 217 Å². The van der Waals surface area contributed by atoms with E-state index >= 15 is 0 Å². The molecule has 424 valence electrons. The molecule has 0 radical (unpaired) electrons. The average molecular weight is 1120 g/mol. The molecular formula is C82H74N2O2. The molecule has 0 aliphatic heterocycles. The largest absolute Gasteiger partial charge is 0.505 e. The van der Waals surface area contributed by atoms with E-state index in [0.717, 1.165) is 98.3 Å². The average Bonchev–Trinajstić information content (AvgIpc) is 0.774. The van der Waals surface area contributed by atoms with E-state index in [1.807, 2.05) is 0 Å². The van der Waals surface area contributed by atoms with Crippen LogP contribution in [0.5, 0.6) is 5.75 Å². The topological polar surface area (TPSA) is 39.9 Å². The van der Waals surface area contributed by atoms with Crippen molar-refractivity contribution in [3.05, 3.63) is 246 Å². The number of anilines is 6. The highest BCUT2D eigenvalue weighted by Gasteiger charge is 2.31. The number of aryl methyl sites for hydroxylation is 4. The zero-order chi connectivity index (χ0) is 58.0. The Morgan fingerprint density at radius 3 is 1.52 bits per heavy atom. The van der Waals surface area contributed by atoms with E-state index in [0.29, 0.717) is 11.8 Å². The van der Waals surface area contributed by atoms with E-state index in [1.165, 1.54) is 134 Å². The van der Waals surface area contributed by atoms with Gasteiger partial charge in [0.05, 0.1) is 22.7 Å². The molecule has 0 bridgehead atoms. The maximum Gasteiger partial charge on any atom is 0.159 e. The van der Waals surface area contributed by atoms with Crippen LogP contribution in [0.1, 0.15) is 123 Å². The molecule has 0 amide bonds. The highest BCUT2D eigenvalue weighted by atomic mass is 16.3. The number of benzene rings is 12. The van der Waals surface area contributed by atoms with Gasteiger partial charge in [0.25, 0.3) is 0 Å². The van der Waals surface area contributed by atoms with Crippen molar-refractivity contribution in [3.63, 3.8) is 0 Å². The standard InChI is InChI=1S/C82H74N2O2/c1-5-54-39-43-61(44-40-54)84(75-36-20-34-69-68-33-18-32-67(81(68)86-82(69)75)63-30-16-14-22-55(63)6-2)77-51-73(57-25-11-8-12-26-57)66-45-47-70-76(50-72(56-23-9-7-10-24-56)65-46-48-71(77)79(66)78(65)70)83(60-41-37-52(3)38-42-60)74-35-19-31-64(80(74)85)59-28-17-27-58(49-59)62-29-15-13-21-53(62)4/h13-22,27-51,56-57,85H,5-12,23-26H2,1-4H3. The molecule has 12 aromatic carbocycles. The molecule has 2 fully saturated rings. The molecule has 86 heavy (non-hydrogen) atoms. The van der Waals surface area contributed by atoms with Crippen molar-refractivity contribution in [1.29, 1.82) is 0 Å². The lowest BCUT2D eigenvalue weighted by atomic mass is 9.77. The van der Waals surface area contributed by atoms with Crippen molar-refractivity contribution >= 4 is 88.4 Å². The molecule has 4 nitrogen and oxygen atoms in total. The van der Waals surface area contributed by atoms with Crippen molar-refractivity contribution in [2.24, 2.45) is 0 Å². The summed E-state index contributed by atoms with van der Waals surface area (Å²) >= 11 is 0. The summed E-state index contributed by atoms with van der Waals surface area (Å²) in [5.74, 6) is 1.06. The third kappa shape index (κ3) is 9.19. The Labute approximate surface area is 506 Å². The number of nitrogens with zero attached hydrogens (tertiary/aromatic N) is 2. The maximum atomic E-state index is 13.2. The van der Waals surface area contributed by atoms with Gasteiger partial charge < -0.3 is 19.3 Å². The molecule has 4 heteroatoms. The Morgan fingerprint density at radius 2 is 0.895 bits per heavy atom. The molecule has 1 heterocycles. The van der Waals surface area contributed by atoms with Gasteiger partial charge in [0.15, 0.2) is 5.58 Å².